The second kappa shape index (κ2) is 11.6. The minimum atomic E-state index is -0.594. The lowest BCUT2D eigenvalue weighted by molar-refractivity contribution is -0.143. The fourth-order valence-electron chi connectivity index (χ4n) is 3.13. The van der Waals surface area contributed by atoms with Crippen LogP contribution in [-0.4, -0.2) is 35.9 Å². The smallest absolute Gasteiger partial charge is 0.261 e. The first kappa shape index (κ1) is 23.7. The summed E-state index contributed by atoms with van der Waals surface area (Å²) in [5, 5.41) is 3.46. The van der Waals surface area contributed by atoms with Crippen LogP contribution < -0.4 is 10.1 Å². The predicted octanol–water partition coefficient (Wildman–Crippen LogP) is 4.67. The van der Waals surface area contributed by atoms with Crippen molar-refractivity contribution in [2.45, 2.75) is 53.1 Å². The van der Waals surface area contributed by atoms with Gasteiger partial charge < -0.3 is 15.0 Å². The molecule has 162 valence electrons. The lowest BCUT2D eigenvalue weighted by atomic mass is 10.1. The predicted molar refractivity (Wildman–Crippen MR) is 121 cm³/mol. The van der Waals surface area contributed by atoms with Crippen molar-refractivity contribution >= 4 is 23.4 Å². The van der Waals surface area contributed by atoms with Gasteiger partial charge in [-0.1, -0.05) is 49.7 Å². The molecule has 0 radical (unpaired) electrons. The summed E-state index contributed by atoms with van der Waals surface area (Å²) >= 11 is 6.32. The zero-order chi connectivity index (χ0) is 22.1. The third-order valence-corrected chi connectivity index (χ3v) is 5.44. The molecule has 0 heterocycles. The zero-order valence-electron chi connectivity index (χ0n) is 18.2. The number of ether oxygens (including phenoxy) is 1. The summed E-state index contributed by atoms with van der Waals surface area (Å²) in [7, 11) is 0. The van der Waals surface area contributed by atoms with E-state index in [2.05, 4.69) is 5.32 Å². The van der Waals surface area contributed by atoms with Gasteiger partial charge >= 0.3 is 0 Å². The molecule has 2 rings (SSSR count). The Labute approximate surface area is 184 Å². The summed E-state index contributed by atoms with van der Waals surface area (Å²) in [4.78, 5) is 27.4. The number of hydrogen-bond acceptors (Lipinski definition) is 3. The monoisotopic (exact) mass is 430 g/mol. The van der Waals surface area contributed by atoms with E-state index in [0.29, 0.717) is 23.7 Å². The highest BCUT2D eigenvalue weighted by Crippen LogP contribution is 2.21. The molecule has 30 heavy (non-hydrogen) atoms. The molecular weight excluding hydrogens is 400 g/mol. The van der Waals surface area contributed by atoms with Gasteiger partial charge in [-0.05, 0) is 61.6 Å². The van der Waals surface area contributed by atoms with Crippen molar-refractivity contribution in [1.29, 1.82) is 0 Å². The van der Waals surface area contributed by atoms with E-state index in [4.69, 9.17) is 16.3 Å². The number of nitrogens with one attached hydrogen (secondary N) is 1. The van der Waals surface area contributed by atoms with E-state index in [-0.39, 0.29) is 25.0 Å². The average molecular weight is 431 g/mol. The molecule has 2 aromatic rings. The van der Waals surface area contributed by atoms with Gasteiger partial charge in [0.05, 0.1) is 0 Å². The Kier molecular flexibility index (Phi) is 9.18. The van der Waals surface area contributed by atoms with Gasteiger partial charge in [-0.2, -0.15) is 0 Å². The minimum absolute atomic E-state index is 0.148. The fraction of sp³-hybridized carbons (Fsp3) is 0.417. The van der Waals surface area contributed by atoms with Crippen LogP contribution >= 0.6 is 11.6 Å². The molecule has 0 aliphatic rings. The summed E-state index contributed by atoms with van der Waals surface area (Å²) in [5.41, 5.74) is 3.05. The van der Waals surface area contributed by atoms with Gasteiger partial charge in [-0.25, -0.2) is 0 Å². The number of halogens is 1. The van der Waals surface area contributed by atoms with E-state index < -0.39 is 6.04 Å². The third kappa shape index (κ3) is 6.49. The number of rotatable bonds is 10. The number of carbonyl (C=O) groups excluding carboxylic acids is 2. The second-order valence-corrected chi connectivity index (χ2v) is 7.77. The van der Waals surface area contributed by atoms with Crippen molar-refractivity contribution in [3.63, 3.8) is 0 Å². The van der Waals surface area contributed by atoms with Gasteiger partial charge in [0.1, 0.15) is 11.8 Å². The minimum Gasteiger partial charge on any atom is -0.484 e. The largest absolute Gasteiger partial charge is 0.484 e. The maximum atomic E-state index is 13.1. The highest BCUT2D eigenvalue weighted by atomic mass is 35.5. The van der Waals surface area contributed by atoms with Gasteiger partial charge in [0, 0.05) is 18.1 Å². The maximum Gasteiger partial charge on any atom is 0.261 e. The van der Waals surface area contributed by atoms with Gasteiger partial charge in [-0.3, -0.25) is 9.59 Å². The molecule has 2 amide bonds. The molecule has 0 saturated heterocycles. The molecule has 0 unspecified atom stereocenters. The SMILES string of the molecule is CCCNC(=O)[C@H](CC)N(Cc1ccccc1Cl)C(=O)COc1ccc(C)c(C)c1. The molecule has 0 bridgehead atoms. The molecule has 0 spiro atoms. The molecule has 5 nitrogen and oxygen atoms in total. The van der Waals surface area contributed by atoms with Crippen LogP contribution in [0.2, 0.25) is 5.02 Å². The van der Waals surface area contributed by atoms with Crippen molar-refractivity contribution in [3.8, 4) is 5.75 Å². The Morgan fingerprint density at radius 3 is 2.47 bits per heavy atom. The standard InChI is InChI=1S/C24H31ClN2O3/c1-5-13-26-24(29)22(6-2)27(15-19-9-7-8-10-21(19)25)23(28)16-30-20-12-11-17(3)18(4)14-20/h7-12,14,22H,5-6,13,15-16H2,1-4H3,(H,26,29)/t22-/m0/s1. The molecule has 1 N–H and O–H groups in total. The van der Waals surface area contributed by atoms with Gasteiger partial charge in [0.25, 0.3) is 5.91 Å². The van der Waals surface area contributed by atoms with Crippen LogP contribution in [0.25, 0.3) is 0 Å². The van der Waals surface area contributed by atoms with Crippen LogP contribution in [0.5, 0.6) is 5.75 Å². The summed E-state index contributed by atoms with van der Waals surface area (Å²) in [6.45, 7) is 8.58. The van der Waals surface area contributed by atoms with E-state index in [1.807, 2.05) is 64.1 Å². The number of benzene rings is 2. The lowest BCUT2D eigenvalue weighted by Gasteiger charge is -2.30. The Morgan fingerprint density at radius 2 is 1.83 bits per heavy atom. The van der Waals surface area contributed by atoms with Crippen molar-refractivity contribution < 1.29 is 14.3 Å². The van der Waals surface area contributed by atoms with Crippen LogP contribution in [0.4, 0.5) is 0 Å². The van der Waals surface area contributed by atoms with E-state index in [1.165, 1.54) is 0 Å². The van der Waals surface area contributed by atoms with Crippen LogP contribution in [0.15, 0.2) is 42.5 Å². The summed E-state index contributed by atoms with van der Waals surface area (Å²) in [5.74, 6) is 0.213. The van der Waals surface area contributed by atoms with Crippen molar-refractivity contribution in [2.24, 2.45) is 0 Å². The highest BCUT2D eigenvalue weighted by Gasteiger charge is 2.29. The second-order valence-electron chi connectivity index (χ2n) is 7.36. The molecule has 6 heteroatoms. The van der Waals surface area contributed by atoms with Crippen LogP contribution in [0.3, 0.4) is 0 Å². The number of carbonyl (C=O) groups is 2. The zero-order valence-corrected chi connectivity index (χ0v) is 19.0. The fourth-order valence-corrected chi connectivity index (χ4v) is 3.32. The topological polar surface area (TPSA) is 58.6 Å². The lowest BCUT2D eigenvalue weighted by Crippen LogP contribution is -2.50. The normalized spacial score (nSPS) is 11.6. The van der Waals surface area contributed by atoms with Crippen molar-refractivity contribution in [3.05, 3.63) is 64.2 Å². The molecule has 0 saturated carbocycles. The maximum absolute atomic E-state index is 13.1. The van der Waals surface area contributed by atoms with E-state index in [0.717, 1.165) is 23.1 Å². The molecule has 0 aliphatic carbocycles. The number of nitrogens with zero attached hydrogens (tertiary/aromatic N) is 1. The van der Waals surface area contributed by atoms with Crippen LogP contribution in [-0.2, 0) is 16.1 Å². The molecule has 0 aromatic heterocycles. The third-order valence-electron chi connectivity index (χ3n) is 5.07. The first-order chi connectivity index (χ1) is 14.4. The summed E-state index contributed by atoms with van der Waals surface area (Å²) in [6.07, 6.45) is 1.33. The van der Waals surface area contributed by atoms with Gasteiger partial charge in [0.15, 0.2) is 6.61 Å². The summed E-state index contributed by atoms with van der Waals surface area (Å²) < 4.78 is 5.75. The first-order valence-corrected chi connectivity index (χ1v) is 10.8. The number of aryl methyl sites for hydroxylation is 2. The quantitative estimate of drug-likeness (QED) is 0.595. The molecular formula is C24H31ClN2O3. The van der Waals surface area contributed by atoms with Crippen molar-refractivity contribution in [2.75, 3.05) is 13.2 Å². The molecule has 1 atom stereocenters. The highest BCUT2D eigenvalue weighted by molar-refractivity contribution is 6.31. The Bertz CT molecular complexity index is 869. The first-order valence-electron chi connectivity index (χ1n) is 10.4. The Morgan fingerprint density at radius 1 is 1.10 bits per heavy atom. The number of hydrogen-bond donors (Lipinski definition) is 1. The number of amides is 2. The van der Waals surface area contributed by atoms with E-state index in [1.54, 1.807) is 11.0 Å². The average Bonchev–Trinajstić information content (AvgIpc) is 2.74. The Hall–Kier alpha value is -2.53. The molecule has 0 aliphatic heterocycles. The van der Waals surface area contributed by atoms with Gasteiger partial charge in [-0.15, -0.1) is 0 Å². The van der Waals surface area contributed by atoms with Crippen LogP contribution in [0.1, 0.15) is 43.4 Å². The van der Waals surface area contributed by atoms with E-state index >= 15 is 0 Å². The molecule has 2 aromatic carbocycles. The molecule has 0 fully saturated rings. The summed E-state index contributed by atoms with van der Waals surface area (Å²) in [6, 6.07) is 12.5. The Balaban J connectivity index is 2.21. The van der Waals surface area contributed by atoms with Crippen molar-refractivity contribution in [1.82, 2.24) is 10.2 Å². The van der Waals surface area contributed by atoms with E-state index in [9.17, 15) is 9.59 Å². The van der Waals surface area contributed by atoms with Crippen LogP contribution in [0, 0.1) is 13.8 Å². The van der Waals surface area contributed by atoms with Gasteiger partial charge in [0.2, 0.25) is 5.91 Å².